The van der Waals surface area contributed by atoms with E-state index >= 15 is 0 Å². The minimum Gasteiger partial charge on any atom is -0.494 e. The van der Waals surface area contributed by atoms with E-state index in [2.05, 4.69) is 24.4 Å². The van der Waals surface area contributed by atoms with E-state index in [0.29, 0.717) is 6.42 Å². The summed E-state index contributed by atoms with van der Waals surface area (Å²) < 4.78 is 41.0. The zero-order valence-electron chi connectivity index (χ0n) is 24.6. The number of nitrogens with one attached hydrogen (secondary N) is 1. The van der Waals surface area contributed by atoms with E-state index in [9.17, 15) is 9.36 Å². The van der Waals surface area contributed by atoms with Gasteiger partial charge in [-0.3, -0.25) is 13.6 Å². The number of phosphoric ester groups is 1. The Morgan fingerprint density at radius 2 is 1.55 bits per heavy atom. The molecule has 0 bridgehead atoms. The van der Waals surface area contributed by atoms with Gasteiger partial charge in [-0.1, -0.05) is 51.2 Å². The lowest BCUT2D eigenvalue weighted by Gasteiger charge is -2.41. The van der Waals surface area contributed by atoms with Gasteiger partial charge in [0.25, 0.3) is 0 Å². The number of alkyl carbamates (subject to hydrolysis) is 1. The van der Waals surface area contributed by atoms with Crippen molar-refractivity contribution in [2.45, 2.75) is 123 Å². The molecule has 1 heterocycles. The third-order valence-electron chi connectivity index (χ3n) is 5.96. The Kier molecular flexibility index (Phi) is 12.6. The summed E-state index contributed by atoms with van der Waals surface area (Å²) in [7, 11) is -3.71. The van der Waals surface area contributed by atoms with Gasteiger partial charge in [0.15, 0.2) is 0 Å². The van der Waals surface area contributed by atoms with Gasteiger partial charge in [-0.2, -0.15) is 0 Å². The fourth-order valence-corrected chi connectivity index (χ4v) is 5.77. The van der Waals surface area contributed by atoms with Gasteiger partial charge in [0.05, 0.1) is 31.0 Å². The van der Waals surface area contributed by atoms with Crippen LogP contribution >= 0.6 is 7.82 Å². The summed E-state index contributed by atoms with van der Waals surface area (Å²) in [6.07, 6.45) is 8.76. The second-order valence-corrected chi connectivity index (χ2v) is 13.8. The van der Waals surface area contributed by atoms with Gasteiger partial charge in [-0.25, -0.2) is 9.36 Å². The highest BCUT2D eigenvalue weighted by atomic mass is 31.2. The van der Waals surface area contributed by atoms with E-state index in [4.69, 9.17) is 23.0 Å². The second kappa shape index (κ2) is 14.7. The van der Waals surface area contributed by atoms with E-state index in [1.165, 1.54) is 31.2 Å². The number of carbonyl (C=O) groups is 1. The Morgan fingerprint density at radius 1 is 0.921 bits per heavy atom. The quantitative estimate of drug-likeness (QED) is 0.184. The smallest absolute Gasteiger partial charge is 0.475 e. The van der Waals surface area contributed by atoms with E-state index in [-0.39, 0.29) is 13.2 Å². The summed E-state index contributed by atoms with van der Waals surface area (Å²) >= 11 is 0. The number of amides is 1. The molecule has 0 atom stereocenters. The van der Waals surface area contributed by atoms with Crippen molar-refractivity contribution in [1.82, 2.24) is 5.32 Å². The number of unbranched alkanes of at least 4 members (excludes halogenated alkanes) is 5. The lowest BCUT2D eigenvalue weighted by molar-refractivity contribution is -0.0282. The Hall–Kier alpha value is -1.60. The highest BCUT2D eigenvalue weighted by molar-refractivity contribution is 7.48. The van der Waals surface area contributed by atoms with Crippen LogP contribution in [0.4, 0.5) is 4.79 Å². The molecule has 0 spiro atoms. The average molecular weight is 556 g/mol. The number of hydrogen-bond donors (Lipinski definition) is 1. The monoisotopic (exact) mass is 555 g/mol. The first-order chi connectivity index (χ1) is 17.7. The molecule has 1 aromatic carbocycles. The molecule has 0 radical (unpaired) electrons. The zero-order chi connectivity index (χ0) is 28.3. The fourth-order valence-electron chi connectivity index (χ4n) is 4.11. The van der Waals surface area contributed by atoms with Crippen LogP contribution in [-0.2, 0) is 29.3 Å². The van der Waals surface area contributed by atoms with Crippen LogP contribution in [0.2, 0.25) is 0 Å². The summed E-state index contributed by atoms with van der Waals surface area (Å²) in [5.74, 6) is 0.906. The third kappa shape index (κ3) is 13.0. The molecule has 1 amide bonds. The van der Waals surface area contributed by atoms with Gasteiger partial charge in [0, 0.05) is 0 Å². The molecular weight excluding hydrogens is 505 g/mol. The molecule has 9 heteroatoms. The summed E-state index contributed by atoms with van der Waals surface area (Å²) in [6, 6.07) is 8.27. The van der Waals surface area contributed by atoms with Crippen LogP contribution in [-0.4, -0.2) is 42.7 Å². The number of benzene rings is 1. The van der Waals surface area contributed by atoms with Crippen LogP contribution in [0.15, 0.2) is 24.3 Å². The van der Waals surface area contributed by atoms with Crippen LogP contribution in [0, 0.1) is 0 Å². The minimum atomic E-state index is -3.71. The second-order valence-electron chi connectivity index (χ2n) is 12.2. The molecule has 0 aromatic heterocycles. The van der Waals surface area contributed by atoms with Gasteiger partial charge < -0.3 is 14.8 Å². The molecule has 0 aliphatic carbocycles. The molecule has 1 aliphatic rings. The lowest BCUT2D eigenvalue weighted by atomic mass is 9.93. The lowest BCUT2D eigenvalue weighted by Crippen LogP contribution is -2.57. The number of phosphoric acid groups is 1. The minimum absolute atomic E-state index is 0.0179. The number of ether oxygens (including phenoxy) is 2. The highest BCUT2D eigenvalue weighted by Crippen LogP contribution is 2.56. The van der Waals surface area contributed by atoms with Crippen molar-refractivity contribution >= 4 is 13.9 Å². The summed E-state index contributed by atoms with van der Waals surface area (Å²) in [5, 5.41) is 2.93. The number of rotatable bonds is 14. The van der Waals surface area contributed by atoms with Gasteiger partial charge in [-0.05, 0) is 84.9 Å². The predicted molar refractivity (Wildman–Crippen MR) is 151 cm³/mol. The molecular formula is C29H50NO7P. The van der Waals surface area contributed by atoms with Crippen molar-refractivity contribution in [3.63, 3.8) is 0 Å². The number of hydrogen-bond acceptors (Lipinski definition) is 7. The van der Waals surface area contributed by atoms with Gasteiger partial charge in [-0.15, -0.1) is 0 Å². The predicted octanol–water partition coefficient (Wildman–Crippen LogP) is 7.98. The number of aryl methyl sites for hydroxylation is 1. The van der Waals surface area contributed by atoms with Crippen LogP contribution in [0.25, 0.3) is 0 Å². The molecule has 1 saturated heterocycles. The van der Waals surface area contributed by atoms with Crippen molar-refractivity contribution in [1.29, 1.82) is 0 Å². The first-order valence-corrected chi connectivity index (χ1v) is 15.5. The molecule has 1 aromatic rings. The van der Waals surface area contributed by atoms with E-state index < -0.39 is 30.7 Å². The molecule has 1 fully saturated rings. The topological polar surface area (TPSA) is 92.3 Å². The van der Waals surface area contributed by atoms with Crippen LogP contribution in [0.3, 0.4) is 0 Å². The molecule has 1 N–H and O–H groups in total. The van der Waals surface area contributed by atoms with Crippen molar-refractivity contribution in [2.75, 3.05) is 19.8 Å². The molecule has 2 rings (SSSR count). The molecule has 38 heavy (non-hydrogen) atoms. The van der Waals surface area contributed by atoms with Gasteiger partial charge >= 0.3 is 13.9 Å². The maximum Gasteiger partial charge on any atom is 0.475 e. The summed E-state index contributed by atoms with van der Waals surface area (Å²) in [4.78, 5) is 12.6. The van der Waals surface area contributed by atoms with Gasteiger partial charge in [0.1, 0.15) is 11.4 Å². The first-order valence-electron chi connectivity index (χ1n) is 14.1. The molecule has 218 valence electrons. The molecule has 1 aliphatic heterocycles. The first kappa shape index (κ1) is 32.6. The molecule has 0 saturated carbocycles. The Bertz CT molecular complexity index is 878. The largest absolute Gasteiger partial charge is 0.494 e. The summed E-state index contributed by atoms with van der Waals surface area (Å²) in [6.45, 7) is 13.8. The van der Waals surface area contributed by atoms with Crippen molar-refractivity contribution < 1.29 is 32.4 Å². The van der Waals surface area contributed by atoms with E-state index in [1.54, 1.807) is 20.8 Å². The molecule has 0 unspecified atom stereocenters. The SMILES string of the molecule is CCCCCCCOc1ccc(CCCCC2(NC(=O)OC(C)(C)C)COP(=O)(OC(C)(C)C)OC2)cc1. The van der Waals surface area contributed by atoms with E-state index in [1.807, 2.05) is 32.9 Å². The highest BCUT2D eigenvalue weighted by Gasteiger charge is 2.46. The van der Waals surface area contributed by atoms with Crippen LogP contribution in [0.1, 0.15) is 105 Å². The average Bonchev–Trinajstić information content (AvgIpc) is 2.80. The Morgan fingerprint density at radius 3 is 2.13 bits per heavy atom. The van der Waals surface area contributed by atoms with Gasteiger partial charge in [0.2, 0.25) is 0 Å². The van der Waals surface area contributed by atoms with Crippen LogP contribution < -0.4 is 10.1 Å². The zero-order valence-corrected chi connectivity index (χ0v) is 25.5. The van der Waals surface area contributed by atoms with Crippen molar-refractivity contribution in [2.24, 2.45) is 0 Å². The Balaban J connectivity index is 1.86. The van der Waals surface area contributed by atoms with Crippen molar-refractivity contribution in [3.8, 4) is 5.75 Å². The maximum absolute atomic E-state index is 12.9. The standard InChI is InChI=1S/C29H50NO7P/c1-8-9-10-11-14-21-33-25-18-16-24(17-19-25)15-12-13-20-29(30-26(31)36-27(2,3)4)22-34-38(32,35-23-29)37-28(5,6)7/h16-19H,8-15,20-23H2,1-7H3,(H,30,31). The van der Waals surface area contributed by atoms with Crippen molar-refractivity contribution in [3.05, 3.63) is 29.8 Å². The third-order valence-corrected chi connectivity index (χ3v) is 7.62. The molecule has 8 nitrogen and oxygen atoms in total. The normalized spacial score (nSPS) is 22.2. The number of carbonyl (C=O) groups excluding carboxylic acids is 1. The Labute approximate surface area is 230 Å². The van der Waals surface area contributed by atoms with Crippen LogP contribution in [0.5, 0.6) is 5.75 Å². The summed E-state index contributed by atoms with van der Waals surface area (Å²) in [5.41, 5.74) is -0.957. The fraction of sp³-hybridized carbons (Fsp3) is 0.759. The van der Waals surface area contributed by atoms with E-state index in [0.717, 1.165) is 38.0 Å². The maximum atomic E-state index is 12.9.